The zero-order valence-electron chi connectivity index (χ0n) is 10.2. The quantitative estimate of drug-likeness (QED) is 0.737. The molecule has 1 aliphatic heterocycles. The van der Waals surface area contributed by atoms with Crippen LogP contribution >= 0.6 is 0 Å². The third kappa shape index (κ3) is 2.27. The van der Waals surface area contributed by atoms with Gasteiger partial charge < -0.3 is 10.5 Å². The number of hydrogen-bond donors (Lipinski definition) is 1. The average Bonchev–Trinajstić information content (AvgIpc) is 3.21. The molecule has 0 spiro atoms. The van der Waals surface area contributed by atoms with Gasteiger partial charge in [-0.3, -0.25) is 4.90 Å². The highest BCUT2D eigenvalue weighted by Gasteiger charge is 2.43. The van der Waals surface area contributed by atoms with E-state index in [2.05, 4.69) is 4.90 Å². The maximum atomic E-state index is 6.04. The fraction of sp³-hybridized carbons (Fsp3) is 1.00. The van der Waals surface area contributed by atoms with E-state index >= 15 is 0 Å². The van der Waals surface area contributed by atoms with Gasteiger partial charge in [0.1, 0.15) is 0 Å². The molecule has 3 nitrogen and oxygen atoms in total. The Morgan fingerprint density at radius 3 is 2.12 bits per heavy atom. The van der Waals surface area contributed by atoms with Gasteiger partial charge in [0.25, 0.3) is 0 Å². The molecule has 3 heteroatoms. The number of hydrogen-bond acceptors (Lipinski definition) is 3. The van der Waals surface area contributed by atoms with Gasteiger partial charge in [-0.05, 0) is 43.9 Å². The number of ether oxygens (including phenoxy) is 1. The molecule has 1 saturated heterocycles. The summed E-state index contributed by atoms with van der Waals surface area (Å²) in [6.07, 6.45) is 6.87. The lowest BCUT2D eigenvalue weighted by atomic mass is 9.95. The third-order valence-electron chi connectivity index (χ3n) is 4.48. The van der Waals surface area contributed by atoms with Crippen molar-refractivity contribution in [3.05, 3.63) is 0 Å². The Bertz CT molecular complexity index is 228. The molecule has 2 saturated carbocycles. The summed E-state index contributed by atoms with van der Waals surface area (Å²) in [5.41, 5.74) is 6.23. The van der Waals surface area contributed by atoms with E-state index in [9.17, 15) is 0 Å². The van der Waals surface area contributed by atoms with E-state index < -0.39 is 0 Å². The van der Waals surface area contributed by atoms with Crippen molar-refractivity contribution in [3.63, 3.8) is 0 Å². The highest BCUT2D eigenvalue weighted by Crippen LogP contribution is 2.38. The van der Waals surface area contributed by atoms with E-state index in [0.717, 1.165) is 38.0 Å². The number of nitrogens with two attached hydrogens (primary N) is 1. The van der Waals surface area contributed by atoms with E-state index in [4.69, 9.17) is 10.5 Å². The third-order valence-corrected chi connectivity index (χ3v) is 4.48. The molecule has 0 radical (unpaired) electrons. The molecule has 0 aromatic heterocycles. The first kappa shape index (κ1) is 11.0. The van der Waals surface area contributed by atoms with Crippen LogP contribution in [0.2, 0.25) is 0 Å². The van der Waals surface area contributed by atoms with Gasteiger partial charge in [0, 0.05) is 26.2 Å². The van der Waals surface area contributed by atoms with Crippen molar-refractivity contribution < 1.29 is 4.74 Å². The van der Waals surface area contributed by atoms with Gasteiger partial charge in [0.2, 0.25) is 0 Å². The number of nitrogens with zero attached hydrogens (tertiary/aromatic N) is 1. The molecule has 92 valence electrons. The molecule has 1 atom stereocenters. The normalized spacial score (nSPS) is 34.9. The predicted octanol–water partition coefficient (Wildman–Crippen LogP) is 1.23. The van der Waals surface area contributed by atoms with E-state index in [-0.39, 0.29) is 5.54 Å². The summed E-state index contributed by atoms with van der Waals surface area (Å²) >= 11 is 0. The largest absolute Gasteiger partial charge is 0.379 e. The van der Waals surface area contributed by atoms with Gasteiger partial charge in [0.15, 0.2) is 0 Å². The first-order chi connectivity index (χ1) is 7.82. The smallest absolute Gasteiger partial charge is 0.0663 e. The van der Waals surface area contributed by atoms with Crippen LogP contribution in [0.1, 0.15) is 32.1 Å². The Balaban J connectivity index is 1.67. The molecule has 0 amide bonds. The van der Waals surface area contributed by atoms with Gasteiger partial charge in [-0.25, -0.2) is 0 Å². The lowest BCUT2D eigenvalue weighted by Crippen LogP contribution is -2.55. The molecule has 3 fully saturated rings. The minimum atomic E-state index is 0.186. The average molecular weight is 224 g/mol. The molecule has 1 heterocycles. The van der Waals surface area contributed by atoms with Crippen molar-refractivity contribution in [1.29, 1.82) is 0 Å². The van der Waals surface area contributed by atoms with Crippen LogP contribution < -0.4 is 5.73 Å². The zero-order valence-corrected chi connectivity index (χ0v) is 10.2. The molecule has 2 aliphatic carbocycles. The summed E-state index contributed by atoms with van der Waals surface area (Å²) in [5, 5.41) is 0. The summed E-state index contributed by atoms with van der Waals surface area (Å²) in [7, 11) is 0. The summed E-state index contributed by atoms with van der Waals surface area (Å²) in [6.45, 7) is 5.09. The van der Waals surface area contributed by atoms with E-state index in [1.54, 1.807) is 0 Å². The first-order valence-electron chi connectivity index (χ1n) is 6.85. The lowest BCUT2D eigenvalue weighted by Gasteiger charge is -2.39. The van der Waals surface area contributed by atoms with Gasteiger partial charge in [-0.15, -0.1) is 0 Å². The molecular weight excluding hydrogens is 200 g/mol. The maximum Gasteiger partial charge on any atom is 0.0663 e. The van der Waals surface area contributed by atoms with E-state index in [1.165, 1.54) is 38.8 Å². The van der Waals surface area contributed by atoms with Crippen LogP contribution in [-0.2, 0) is 4.74 Å². The van der Waals surface area contributed by atoms with Gasteiger partial charge in [-0.1, -0.05) is 0 Å². The molecule has 0 aromatic rings. The van der Waals surface area contributed by atoms with Crippen LogP contribution in [-0.4, -0.2) is 43.3 Å². The van der Waals surface area contributed by atoms with Crippen molar-refractivity contribution in [2.45, 2.75) is 37.6 Å². The minimum absolute atomic E-state index is 0.186. The Labute approximate surface area is 98.3 Å². The number of rotatable bonds is 6. The van der Waals surface area contributed by atoms with Crippen molar-refractivity contribution in [1.82, 2.24) is 4.90 Å². The highest BCUT2D eigenvalue weighted by atomic mass is 16.5. The van der Waals surface area contributed by atoms with Crippen molar-refractivity contribution in [2.24, 2.45) is 17.6 Å². The zero-order chi connectivity index (χ0) is 11.0. The topological polar surface area (TPSA) is 38.5 Å². The molecule has 3 rings (SSSR count). The summed E-state index contributed by atoms with van der Waals surface area (Å²) in [6, 6.07) is 0. The van der Waals surface area contributed by atoms with Crippen molar-refractivity contribution >= 4 is 0 Å². The van der Waals surface area contributed by atoms with Gasteiger partial charge in [-0.2, -0.15) is 0 Å². The summed E-state index contributed by atoms with van der Waals surface area (Å²) in [5.74, 6) is 1.92. The molecule has 16 heavy (non-hydrogen) atoms. The van der Waals surface area contributed by atoms with E-state index in [0.29, 0.717) is 0 Å². The molecule has 0 aromatic carbocycles. The van der Waals surface area contributed by atoms with Crippen LogP contribution in [0, 0.1) is 11.8 Å². The second-order valence-corrected chi connectivity index (χ2v) is 6.02. The predicted molar refractivity (Wildman–Crippen MR) is 64.2 cm³/mol. The second kappa shape index (κ2) is 4.28. The van der Waals surface area contributed by atoms with Crippen LogP contribution in [0.5, 0.6) is 0 Å². The molecule has 3 aliphatic rings. The lowest BCUT2D eigenvalue weighted by molar-refractivity contribution is 0.0635. The highest BCUT2D eigenvalue weighted by molar-refractivity contribution is 4.98. The Morgan fingerprint density at radius 2 is 1.75 bits per heavy atom. The van der Waals surface area contributed by atoms with Crippen LogP contribution in [0.3, 0.4) is 0 Å². The monoisotopic (exact) mass is 224 g/mol. The summed E-state index contributed by atoms with van der Waals surface area (Å²) < 4.78 is 5.61. The van der Waals surface area contributed by atoms with Gasteiger partial charge >= 0.3 is 0 Å². The summed E-state index contributed by atoms with van der Waals surface area (Å²) in [4.78, 5) is 2.69. The first-order valence-corrected chi connectivity index (χ1v) is 6.85. The molecular formula is C13H24N2O. The Hall–Kier alpha value is -0.120. The standard InChI is InChI=1S/C13H24N2O/c14-9-13(5-6-16-10-13)15(7-11-1-2-11)8-12-3-4-12/h11-12H,1-10,14H2. The maximum absolute atomic E-state index is 6.04. The molecule has 0 bridgehead atoms. The van der Waals surface area contributed by atoms with Gasteiger partial charge in [0.05, 0.1) is 12.1 Å². The van der Waals surface area contributed by atoms with Crippen LogP contribution in [0.4, 0.5) is 0 Å². The van der Waals surface area contributed by atoms with Crippen LogP contribution in [0.15, 0.2) is 0 Å². The molecule has 1 unspecified atom stereocenters. The second-order valence-electron chi connectivity index (χ2n) is 6.02. The fourth-order valence-electron chi connectivity index (χ4n) is 2.82. The molecule has 2 N–H and O–H groups in total. The minimum Gasteiger partial charge on any atom is -0.379 e. The Kier molecular flexibility index (Phi) is 2.94. The van der Waals surface area contributed by atoms with E-state index in [1.807, 2.05) is 0 Å². The van der Waals surface area contributed by atoms with Crippen molar-refractivity contribution in [3.8, 4) is 0 Å². The Morgan fingerprint density at radius 1 is 1.12 bits per heavy atom. The fourth-order valence-corrected chi connectivity index (χ4v) is 2.82. The SMILES string of the molecule is NCC1(N(CC2CC2)CC2CC2)CCOC1. The van der Waals surface area contributed by atoms with Crippen molar-refractivity contribution in [2.75, 3.05) is 32.8 Å². The van der Waals surface area contributed by atoms with Crippen LogP contribution in [0.25, 0.3) is 0 Å².